The third-order valence-electron chi connectivity index (χ3n) is 3.78. The van der Waals surface area contributed by atoms with E-state index in [0.29, 0.717) is 16.9 Å². The first-order valence-corrected chi connectivity index (χ1v) is 7.60. The number of anilines is 2. The monoisotopic (exact) mass is 323 g/mol. The lowest BCUT2D eigenvalue weighted by Crippen LogP contribution is -2.43. The minimum Gasteiger partial charge on any atom is -0.340 e. The third kappa shape index (κ3) is 3.43. The lowest BCUT2D eigenvalue weighted by molar-refractivity contribution is -0.122. The molecule has 0 aliphatic carbocycles. The summed E-state index contributed by atoms with van der Waals surface area (Å²) in [6, 6.07) is 13.1. The number of hydrogen-bond donors (Lipinski definition) is 3. The van der Waals surface area contributed by atoms with E-state index in [4.69, 9.17) is 0 Å². The molecule has 0 spiro atoms. The Hall–Kier alpha value is -3.15. The summed E-state index contributed by atoms with van der Waals surface area (Å²) in [6.45, 7) is 1.95. The molecule has 0 radical (unpaired) electrons. The van der Waals surface area contributed by atoms with Crippen molar-refractivity contribution in [1.82, 2.24) is 5.32 Å². The minimum absolute atomic E-state index is 0.139. The van der Waals surface area contributed by atoms with E-state index >= 15 is 0 Å². The fraction of sp³-hybridized carbons (Fsp3) is 0.167. The molecule has 2 aromatic carbocycles. The SMILES string of the molecule is Cc1ccc(NC(=O)C[C@H]2NC(=O)c3ccccc3NC2=O)cc1. The Morgan fingerprint density at radius 1 is 1.08 bits per heavy atom. The van der Waals surface area contributed by atoms with Crippen LogP contribution >= 0.6 is 0 Å². The fourth-order valence-corrected chi connectivity index (χ4v) is 2.49. The summed E-state index contributed by atoms with van der Waals surface area (Å²) in [5.41, 5.74) is 2.56. The molecule has 1 heterocycles. The summed E-state index contributed by atoms with van der Waals surface area (Å²) in [7, 11) is 0. The van der Waals surface area contributed by atoms with Crippen molar-refractivity contribution in [2.45, 2.75) is 19.4 Å². The van der Waals surface area contributed by atoms with Crippen LogP contribution in [-0.2, 0) is 9.59 Å². The van der Waals surface area contributed by atoms with E-state index < -0.39 is 11.9 Å². The van der Waals surface area contributed by atoms with E-state index in [1.165, 1.54) is 0 Å². The number of hydrogen-bond acceptors (Lipinski definition) is 3. The normalized spacial score (nSPS) is 16.5. The zero-order valence-electron chi connectivity index (χ0n) is 13.1. The number of benzene rings is 2. The quantitative estimate of drug-likeness (QED) is 0.808. The molecule has 0 saturated carbocycles. The topological polar surface area (TPSA) is 87.3 Å². The number of rotatable bonds is 3. The second-order valence-corrected chi connectivity index (χ2v) is 5.68. The van der Waals surface area contributed by atoms with Crippen LogP contribution in [0.5, 0.6) is 0 Å². The molecular weight excluding hydrogens is 306 g/mol. The van der Waals surface area contributed by atoms with Gasteiger partial charge in [-0.05, 0) is 31.2 Å². The summed E-state index contributed by atoms with van der Waals surface area (Å²) >= 11 is 0. The highest BCUT2D eigenvalue weighted by Crippen LogP contribution is 2.19. The molecule has 3 N–H and O–H groups in total. The molecule has 6 nitrogen and oxygen atoms in total. The Bertz CT molecular complexity index is 799. The van der Waals surface area contributed by atoms with Gasteiger partial charge >= 0.3 is 0 Å². The highest BCUT2D eigenvalue weighted by molar-refractivity contribution is 6.11. The van der Waals surface area contributed by atoms with Crippen molar-refractivity contribution >= 4 is 29.1 Å². The van der Waals surface area contributed by atoms with E-state index in [1.807, 2.05) is 19.1 Å². The average molecular weight is 323 g/mol. The summed E-state index contributed by atoms with van der Waals surface area (Å²) in [6.07, 6.45) is -0.139. The van der Waals surface area contributed by atoms with E-state index in [0.717, 1.165) is 5.56 Å². The molecule has 0 bridgehead atoms. The first-order chi connectivity index (χ1) is 11.5. The van der Waals surface area contributed by atoms with E-state index in [2.05, 4.69) is 16.0 Å². The molecule has 3 amide bonds. The molecule has 0 aromatic heterocycles. The molecule has 3 rings (SSSR count). The van der Waals surface area contributed by atoms with E-state index in [-0.39, 0.29) is 18.2 Å². The Labute approximate surface area is 139 Å². The summed E-state index contributed by atoms with van der Waals surface area (Å²) in [5, 5.41) is 8.00. The van der Waals surface area contributed by atoms with Gasteiger partial charge in [0.05, 0.1) is 17.7 Å². The second kappa shape index (κ2) is 6.54. The number of para-hydroxylation sites is 1. The number of aryl methyl sites for hydroxylation is 1. The highest BCUT2D eigenvalue weighted by Gasteiger charge is 2.29. The summed E-state index contributed by atoms with van der Waals surface area (Å²) < 4.78 is 0. The number of carbonyl (C=O) groups excluding carboxylic acids is 3. The van der Waals surface area contributed by atoms with E-state index in [1.54, 1.807) is 36.4 Å². The molecule has 1 aliphatic heterocycles. The lowest BCUT2D eigenvalue weighted by atomic mass is 10.1. The number of nitrogens with one attached hydrogen (secondary N) is 3. The molecule has 122 valence electrons. The predicted octanol–water partition coefficient (Wildman–Crippen LogP) is 2.07. The zero-order chi connectivity index (χ0) is 17.1. The van der Waals surface area contributed by atoms with Gasteiger partial charge in [0.1, 0.15) is 6.04 Å². The van der Waals surface area contributed by atoms with Gasteiger partial charge in [-0.2, -0.15) is 0 Å². The average Bonchev–Trinajstić information content (AvgIpc) is 2.67. The van der Waals surface area contributed by atoms with Crippen LogP contribution in [0.25, 0.3) is 0 Å². The van der Waals surface area contributed by atoms with Crippen molar-refractivity contribution in [1.29, 1.82) is 0 Å². The van der Waals surface area contributed by atoms with Gasteiger partial charge in [0.2, 0.25) is 11.8 Å². The van der Waals surface area contributed by atoms with Crippen molar-refractivity contribution < 1.29 is 14.4 Å². The van der Waals surface area contributed by atoms with Crippen molar-refractivity contribution in [2.75, 3.05) is 10.6 Å². The minimum atomic E-state index is -0.921. The van der Waals surface area contributed by atoms with Crippen LogP contribution in [0.15, 0.2) is 48.5 Å². The van der Waals surface area contributed by atoms with Crippen LogP contribution < -0.4 is 16.0 Å². The van der Waals surface area contributed by atoms with Gasteiger partial charge in [0.25, 0.3) is 5.91 Å². The molecular formula is C18H17N3O3. The molecule has 1 aliphatic rings. The lowest BCUT2D eigenvalue weighted by Gasteiger charge is -2.14. The Balaban J connectivity index is 1.69. The standard InChI is InChI=1S/C18H17N3O3/c1-11-6-8-12(9-7-11)19-16(22)10-15-18(24)20-14-5-3-2-4-13(14)17(23)21-15/h2-9,15H,10H2,1H3,(H,19,22)(H,20,24)(H,21,23)/t15-/m1/s1. The summed E-state index contributed by atoms with van der Waals surface area (Å²) in [4.78, 5) is 36.6. The largest absolute Gasteiger partial charge is 0.340 e. The van der Waals surface area contributed by atoms with Crippen molar-refractivity contribution in [3.8, 4) is 0 Å². The van der Waals surface area contributed by atoms with Crippen molar-refractivity contribution in [2.24, 2.45) is 0 Å². The van der Waals surface area contributed by atoms with Gasteiger partial charge in [0, 0.05) is 5.69 Å². The number of carbonyl (C=O) groups is 3. The molecule has 0 fully saturated rings. The number of amides is 3. The molecule has 24 heavy (non-hydrogen) atoms. The van der Waals surface area contributed by atoms with Crippen molar-refractivity contribution in [3.05, 3.63) is 59.7 Å². The van der Waals surface area contributed by atoms with Crippen LogP contribution in [0.1, 0.15) is 22.3 Å². The van der Waals surface area contributed by atoms with Gasteiger partial charge in [-0.1, -0.05) is 29.8 Å². The molecule has 0 saturated heterocycles. The molecule has 0 unspecified atom stereocenters. The van der Waals surface area contributed by atoms with Gasteiger partial charge in [0.15, 0.2) is 0 Å². The Kier molecular flexibility index (Phi) is 4.29. The van der Waals surface area contributed by atoms with Gasteiger partial charge in [-0.25, -0.2) is 0 Å². The summed E-state index contributed by atoms with van der Waals surface area (Å²) in [5.74, 6) is -1.13. The van der Waals surface area contributed by atoms with Crippen LogP contribution in [-0.4, -0.2) is 23.8 Å². The van der Waals surface area contributed by atoms with Crippen molar-refractivity contribution in [3.63, 3.8) is 0 Å². The highest BCUT2D eigenvalue weighted by atomic mass is 16.2. The van der Waals surface area contributed by atoms with Crippen LogP contribution in [0.4, 0.5) is 11.4 Å². The first kappa shape index (κ1) is 15.7. The molecule has 1 atom stereocenters. The van der Waals surface area contributed by atoms with Gasteiger partial charge in [-0.15, -0.1) is 0 Å². The van der Waals surface area contributed by atoms with Gasteiger partial charge < -0.3 is 16.0 Å². The Morgan fingerprint density at radius 2 is 1.79 bits per heavy atom. The zero-order valence-corrected chi connectivity index (χ0v) is 13.1. The van der Waals surface area contributed by atoms with Crippen LogP contribution in [0.3, 0.4) is 0 Å². The first-order valence-electron chi connectivity index (χ1n) is 7.60. The predicted molar refractivity (Wildman–Crippen MR) is 90.8 cm³/mol. The number of fused-ring (bicyclic) bond motifs is 1. The second-order valence-electron chi connectivity index (χ2n) is 5.68. The van der Waals surface area contributed by atoms with Crippen LogP contribution in [0.2, 0.25) is 0 Å². The molecule has 2 aromatic rings. The third-order valence-corrected chi connectivity index (χ3v) is 3.78. The maximum atomic E-state index is 12.2. The molecule has 6 heteroatoms. The smallest absolute Gasteiger partial charge is 0.254 e. The maximum absolute atomic E-state index is 12.2. The van der Waals surface area contributed by atoms with Gasteiger partial charge in [-0.3, -0.25) is 14.4 Å². The Morgan fingerprint density at radius 3 is 2.54 bits per heavy atom. The fourth-order valence-electron chi connectivity index (χ4n) is 2.49. The van der Waals surface area contributed by atoms with Crippen LogP contribution in [0, 0.1) is 6.92 Å². The maximum Gasteiger partial charge on any atom is 0.254 e. The van der Waals surface area contributed by atoms with E-state index in [9.17, 15) is 14.4 Å².